The van der Waals surface area contributed by atoms with Crippen LogP contribution in [0.15, 0.2) is 36.0 Å². The van der Waals surface area contributed by atoms with Crippen molar-refractivity contribution in [3.8, 4) is 0 Å². The Bertz CT molecular complexity index is 1160. The molecule has 11 nitrogen and oxygen atoms in total. The second-order valence-electron chi connectivity index (χ2n) is 12.5. The second kappa shape index (κ2) is 9.45. The maximum atomic E-state index is 13.3. The maximum Gasteiger partial charge on any atom is 0.338 e. The third kappa shape index (κ3) is 3.97. The number of aliphatic hydroxyl groups excluding tert-OH is 3. The highest BCUT2D eigenvalue weighted by Gasteiger charge is 2.83. The summed E-state index contributed by atoms with van der Waals surface area (Å²) in [4.78, 5) is 26.3. The van der Waals surface area contributed by atoms with E-state index in [4.69, 9.17) is 28.4 Å². The Labute approximate surface area is 232 Å². The molecule has 0 radical (unpaired) electrons. The zero-order chi connectivity index (χ0) is 28.7. The molecule has 4 heterocycles. The van der Waals surface area contributed by atoms with Gasteiger partial charge in [0.1, 0.15) is 36.1 Å². The number of epoxide rings is 2. The lowest BCUT2D eigenvalue weighted by molar-refractivity contribution is -0.239. The van der Waals surface area contributed by atoms with E-state index in [0.29, 0.717) is 13.0 Å². The number of allylic oxidation sites excluding steroid dienone is 2. The Morgan fingerprint density at radius 1 is 1.10 bits per heavy atom. The van der Waals surface area contributed by atoms with Crippen LogP contribution < -0.4 is 0 Å². The highest BCUT2D eigenvalue weighted by atomic mass is 16.7. The van der Waals surface area contributed by atoms with Gasteiger partial charge >= 0.3 is 11.9 Å². The molecular formula is C29H38O11. The van der Waals surface area contributed by atoms with Crippen LogP contribution >= 0.6 is 0 Å². The van der Waals surface area contributed by atoms with Crippen molar-refractivity contribution in [1.82, 2.24) is 0 Å². The molecule has 0 aromatic heterocycles. The van der Waals surface area contributed by atoms with Gasteiger partial charge in [-0.2, -0.15) is 0 Å². The van der Waals surface area contributed by atoms with Crippen molar-refractivity contribution in [2.45, 2.75) is 101 Å². The average Bonchev–Trinajstić information content (AvgIpc) is 3.81. The number of carbonyl (C=O) groups is 2. The SMILES string of the molecule is CC1=C[C@H]2O[C@@H]3C[C@H]4OC(=O)/C=C\C=C/[C@H]([C@@H](C)O)OC[C@H](O)[C@@]5(C)O[C@@H]5C(=O)OC[C@@]2(C[C@H]1O)[C@]4(C)[C@]31CO1. The monoisotopic (exact) mass is 562 g/mol. The standard InChI is InChI=1S/C29H38O11/c1-15-9-21-28(11-17(15)31)13-36-25(34)24-26(3,40-24)19(32)12-35-18(16(2)30)7-5-6-8-23(33)39-20-10-22(38-21)29(14-37-29)27(20,28)4/h5-9,16-22,24,30-32H,10-14H2,1-4H3/b7-5-,8-6-/t16-,17-,18-,19+,20-,21-,22-,24-,26-,27-,28-,29+/m1/s1. The highest BCUT2D eigenvalue weighted by molar-refractivity contribution is 5.82. The quantitative estimate of drug-likeness (QED) is 0.232. The largest absolute Gasteiger partial charge is 0.463 e. The summed E-state index contributed by atoms with van der Waals surface area (Å²) in [5.41, 5.74) is -3.03. The maximum absolute atomic E-state index is 13.3. The van der Waals surface area contributed by atoms with Gasteiger partial charge in [0.05, 0.1) is 43.0 Å². The number of cyclic esters (lactones) is 1. The third-order valence-corrected chi connectivity index (χ3v) is 10.3. The fraction of sp³-hybridized carbons (Fsp3) is 0.724. The summed E-state index contributed by atoms with van der Waals surface area (Å²) in [7, 11) is 0. The molecule has 2 spiro atoms. The molecule has 4 aliphatic heterocycles. The van der Waals surface area contributed by atoms with Crippen molar-refractivity contribution >= 4 is 11.9 Å². The van der Waals surface area contributed by atoms with Crippen LogP contribution in [0.5, 0.6) is 0 Å². The van der Waals surface area contributed by atoms with E-state index in [1.165, 1.54) is 12.2 Å². The second-order valence-corrected chi connectivity index (χ2v) is 12.5. The van der Waals surface area contributed by atoms with Crippen molar-refractivity contribution in [3.05, 3.63) is 36.0 Å². The molecule has 0 aromatic carbocycles. The van der Waals surface area contributed by atoms with Crippen LogP contribution in [0.3, 0.4) is 0 Å². The minimum absolute atomic E-state index is 0.134. The Hall–Kier alpha value is -2.12. The molecule has 2 aliphatic carbocycles. The number of fused-ring (bicyclic) bond motifs is 1. The predicted molar refractivity (Wildman–Crippen MR) is 137 cm³/mol. The molecule has 1 saturated carbocycles. The van der Waals surface area contributed by atoms with Gasteiger partial charge in [-0.25, -0.2) is 9.59 Å². The first-order valence-electron chi connectivity index (χ1n) is 13.9. The van der Waals surface area contributed by atoms with Gasteiger partial charge in [0, 0.05) is 17.9 Å². The molecule has 0 amide bonds. The molecular weight excluding hydrogens is 524 g/mol. The van der Waals surface area contributed by atoms with E-state index in [-0.39, 0.29) is 25.7 Å². The molecule has 0 unspecified atom stereocenters. The summed E-state index contributed by atoms with van der Waals surface area (Å²) in [6.07, 6.45) is 2.24. The van der Waals surface area contributed by atoms with Gasteiger partial charge in [0.15, 0.2) is 6.10 Å². The first-order chi connectivity index (χ1) is 18.9. The third-order valence-electron chi connectivity index (χ3n) is 10.3. The minimum atomic E-state index is -1.22. The van der Waals surface area contributed by atoms with Crippen LogP contribution in [0, 0.1) is 10.8 Å². The Kier molecular flexibility index (Phi) is 6.62. The van der Waals surface area contributed by atoms with Crippen LogP contribution in [0.4, 0.5) is 0 Å². The summed E-state index contributed by atoms with van der Waals surface area (Å²) in [6, 6.07) is 0. The van der Waals surface area contributed by atoms with E-state index in [1.807, 2.05) is 19.9 Å². The number of carbonyl (C=O) groups excluding carboxylic acids is 2. The van der Waals surface area contributed by atoms with E-state index >= 15 is 0 Å². The number of hydrogen-bond donors (Lipinski definition) is 3. The summed E-state index contributed by atoms with van der Waals surface area (Å²) in [5.74, 6) is -1.23. The van der Waals surface area contributed by atoms with Gasteiger partial charge in [-0.1, -0.05) is 31.2 Å². The van der Waals surface area contributed by atoms with E-state index < -0.39 is 76.7 Å². The molecule has 0 aromatic rings. The first kappa shape index (κ1) is 28.0. The van der Waals surface area contributed by atoms with E-state index in [2.05, 4.69) is 0 Å². The number of hydrogen-bond acceptors (Lipinski definition) is 11. The van der Waals surface area contributed by atoms with Gasteiger partial charge in [-0.3, -0.25) is 0 Å². The van der Waals surface area contributed by atoms with Gasteiger partial charge in [-0.05, 0) is 32.8 Å². The number of ether oxygens (including phenoxy) is 6. The number of rotatable bonds is 1. The Balaban J connectivity index is 1.38. The van der Waals surface area contributed by atoms with Crippen LogP contribution in [-0.4, -0.2) is 107 Å². The van der Waals surface area contributed by atoms with Crippen LogP contribution in [0.2, 0.25) is 0 Å². The van der Waals surface area contributed by atoms with Gasteiger partial charge in [0.25, 0.3) is 0 Å². The van der Waals surface area contributed by atoms with Gasteiger partial charge in [0.2, 0.25) is 0 Å². The Morgan fingerprint density at radius 3 is 2.55 bits per heavy atom. The minimum Gasteiger partial charge on any atom is -0.463 e. The van der Waals surface area contributed by atoms with Crippen LogP contribution in [-0.2, 0) is 38.0 Å². The Morgan fingerprint density at radius 2 is 1.85 bits per heavy atom. The van der Waals surface area contributed by atoms with Crippen molar-refractivity contribution in [1.29, 1.82) is 0 Å². The van der Waals surface area contributed by atoms with Crippen molar-refractivity contribution in [3.63, 3.8) is 0 Å². The molecule has 3 saturated heterocycles. The van der Waals surface area contributed by atoms with Gasteiger partial charge in [-0.15, -0.1) is 0 Å². The zero-order valence-electron chi connectivity index (χ0n) is 23.1. The van der Waals surface area contributed by atoms with Crippen molar-refractivity contribution < 1.29 is 53.3 Å². The molecule has 40 heavy (non-hydrogen) atoms. The zero-order valence-corrected chi connectivity index (χ0v) is 23.1. The summed E-state index contributed by atoms with van der Waals surface area (Å²) in [6.45, 7) is 7.03. The van der Waals surface area contributed by atoms with Crippen molar-refractivity contribution in [2.24, 2.45) is 10.8 Å². The average molecular weight is 563 g/mol. The molecule has 2 bridgehead atoms. The topological polar surface area (TPSA) is 157 Å². The smallest absolute Gasteiger partial charge is 0.338 e. The van der Waals surface area contributed by atoms with Crippen LogP contribution in [0.1, 0.15) is 40.5 Å². The molecule has 6 aliphatic rings. The number of aliphatic hydroxyl groups is 3. The van der Waals surface area contributed by atoms with Crippen LogP contribution in [0.25, 0.3) is 0 Å². The summed E-state index contributed by atoms with van der Waals surface area (Å²) < 4.78 is 35.9. The lowest BCUT2D eigenvalue weighted by Crippen LogP contribution is -2.68. The highest BCUT2D eigenvalue weighted by Crippen LogP contribution is 2.72. The molecule has 220 valence electrons. The molecule has 12 atom stereocenters. The fourth-order valence-electron chi connectivity index (χ4n) is 7.38. The predicted octanol–water partition coefficient (Wildman–Crippen LogP) is 0.496. The van der Waals surface area contributed by atoms with E-state index in [9.17, 15) is 24.9 Å². The lowest BCUT2D eigenvalue weighted by Gasteiger charge is -2.58. The normalized spacial score (nSPS) is 52.6. The lowest BCUT2D eigenvalue weighted by atomic mass is 9.51. The first-order valence-corrected chi connectivity index (χ1v) is 13.9. The van der Waals surface area contributed by atoms with E-state index in [0.717, 1.165) is 5.57 Å². The van der Waals surface area contributed by atoms with Gasteiger partial charge < -0.3 is 43.7 Å². The molecule has 3 N–H and O–H groups in total. The number of esters is 2. The fourth-order valence-corrected chi connectivity index (χ4v) is 7.38. The summed E-state index contributed by atoms with van der Waals surface area (Å²) >= 11 is 0. The molecule has 4 fully saturated rings. The van der Waals surface area contributed by atoms with E-state index in [1.54, 1.807) is 26.0 Å². The summed E-state index contributed by atoms with van der Waals surface area (Å²) in [5, 5.41) is 31.9. The molecule has 11 heteroatoms. The van der Waals surface area contributed by atoms with Crippen molar-refractivity contribution in [2.75, 3.05) is 19.8 Å². The molecule has 6 rings (SSSR count).